The first-order valence-electron chi connectivity index (χ1n) is 11.0. The molecule has 1 heterocycles. The number of hydrogen-bond donors (Lipinski definition) is 1. The molecule has 0 spiro atoms. The summed E-state index contributed by atoms with van der Waals surface area (Å²) in [5.74, 6) is 1.82. The molecule has 2 aromatic carbocycles. The molecule has 0 aliphatic carbocycles. The van der Waals surface area contributed by atoms with Gasteiger partial charge in [0, 0.05) is 18.8 Å². The van der Waals surface area contributed by atoms with Gasteiger partial charge in [-0.25, -0.2) is 0 Å². The molecule has 1 aliphatic heterocycles. The van der Waals surface area contributed by atoms with E-state index in [4.69, 9.17) is 9.47 Å². The lowest BCUT2D eigenvalue weighted by atomic mass is 9.99. The molecule has 162 valence electrons. The van der Waals surface area contributed by atoms with E-state index in [0.717, 1.165) is 24.6 Å². The number of hydrogen-bond acceptors (Lipinski definition) is 4. The third-order valence-corrected chi connectivity index (χ3v) is 5.78. The van der Waals surface area contributed by atoms with Crippen LogP contribution in [0.25, 0.3) is 0 Å². The number of nitrogens with one attached hydrogen (secondary N) is 1. The van der Waals surface area contributed by atoms with Crippen LogP contribution in [0.1, 0.15) is 51.6 Å². The van der Waals surface area contributed by atoms with Crippen LogP contribution in [0.4, 0.5) is 5.69 Å². The minimum absolute atomic E-state index is 0.0952. The summed E-state index contributed by atoms with van der Waals surface area (Å²) in [4.78, 5) is 15.3. The molecule has 0 unspecified atom stereocenters. The molecule has 30 heavy (non-hydrogen) atoms. The zero-order valence-corrected chi connectivity index (χ0v) is 18.6. The van der Waals surface area contributed by atoms with Crippen LogP contribution in [-0.4, -0.2) is 32.2 Å². The van der Waals surface area contributed by atoms with Gasteiger partial charge in [-0.1, -0.05) is 38.1 Å². The van der Waals surface area contributed by atoms with Gasteiger partial charge in [-0.2, -0.15) is 0 Å². The molecule has 5 heteroatoms. The highest BCUT2D eigenvalue weighted by molar-refractivity contribution is 5.81. The number of para-hydroxylation sites is 2. The molecule has 1 saturated heterocycles. The molecule has 1 aliphatic rings. The Hall–Kier alpha value is -2.69. The van der Waals surface area contributed by atoms with Crippen molar-refractivity contribution >= 4 is 11.6 Å². The molecule has 0 saturated carbocycles. The summed E-state index contributed by atoms with van der Waals surface area (Å²) < 4.78 is 11.3. The molecule has 5 nitrogen and oxygen atoms in total. The molecule has 1 N–H and O–H groups in total. The molecular weight excluding hydrogens is 376 g/mol. The van der Waals surface area contributed by atoms with E-state index in [2.05, 4.69) is 41.4 Å². The number of anilines is 1. The minimum atomic E-state index is -0.571. The van der Waals surface area contributed by atoms with Gasteiger partial charge in [0.1, 0.15) is 0 Å². The molecule has 0 bridgehead atoms. The summed E-state index contributed by atoms with van der Waals surface area (Å²) in [5, 5.41) is 3.09. The average molecular weight is 411 g/mol. The second kappa shape index (κ2) is 10.4. The van der Waals surface area contributed by atoms with Crippen LogP contribution in [0.5, 0.6) is 11.5 Å². The van der Waals surface area contributed by atoms with E-state index < -0.39 is 6.10 Å². The second-order valence-electron chi connectivity index (χ2n) is 8.18. The number of rotatable bonds is 8. The Kier molecular flexibility index (Phi) is 7.61. The Labute approximate surface area is 180 Å². The fraction of sp³-hybridized carbons (Fsp3) is 0.480. The lowest BCUT2D eigenvalue weighted by molar-refractivity contribution is -0.128. The van der Waals surface area contributed by atoms with Crippen molar-refractivity contribution in [2.24, 2.45) is 5.92 Å². The van der Waals surface area contributed by atoms with E-state index in [1.54, 1.807) is 7.11 Å². The Balaban J connectivity index is 1.61. The van der Waals surface area contributed by atoms with Crippen molar-refractivity contribution in [3.63, 3.8) is 0 Å². The van der Waals surface area contributed by atoms with Gasteiger partial charge in [-0.3, -0.25) is 4.79 Å². The number of carbonyl (C=O) groups is 1. The Morgan fingerprint density at radius 1 is 1.17 bits per heavy atom. The van der Waals surface area contributed by atoms with Gasteiger partial charge >= 0.3 is 0 Å². The van der Waals surface area contributed by atoms with Gasteiger partial charge in [-0.15, -0.1) is 0 Å². The third kappa shape index (κ3) is 5.47. The Morgan fingerprint density at radius 3 is 2.50 bits per heavy atom. The van der Waals surface area contributed by atoms with Crippen LogP contribution in [0.2, 0.25) is 0 Å². The quantitative estimate of drug-likeness (QED) is 0.668. The monoisotopic (exact) mass is 410 g/mol. The Morgan fingerprint density at radius 2 is 1.87 bits per heavy atom. The van der Waals surface area contributed by atoms with Crippen LogP contribution in [-0.2, 0) is 4.79 Å². The smallest absolute Gasteiger partial charge is 0.261 e. The van der Waals surface area contributed by atoms with Crippen LogP contribution >= 0.6 is 0 Å². The number of piperidine rings is 1. The predicted octanol–water partition coefficient (Wildman–Crippen LogP) is 4.97. The van der Waals surface area contributed by atoms with Crippen LogP contribution in [0.3, 0.4) is 0 Å². The van der Waals surface area contributed by atoms with Crippen molar-refractivity contribution in [1.29, 1.82) is 0 Å². The third-order valence-electron chi connectivity index (χ3n) is 5.78. The van der Waals surface area contributed by atoms with Gasteiger partial charge in [0.25, 0.3) is 5.91 Å². The summed E-state index contributed by atoms with van der Waals surface area (Å²) in [6.07, 6.45) is 2.56. The fourth-order valence-corrected chi connectivity index (χ4v) is 3.98. The first kappa shape index (κ1) is 22.0. The van der Waals surface area contributed by atoms with Crippen LogP contribution in [0.15, 0.2) is 48.5 Å². The van der Waals surface area contributed by atoms with E-state index in [1.807, 2.05) is 38.1 Å². The first-order valence-corrected chi connectivity index (χ1v) is 11.0. The zero-order chi connectivity index (χ0) is 21.5. The largest absolute Gasteiger partial charge is 0.493 e. The van der Waals surface area contributed by atoms with Gasteiger partial charge < -0.3 is 19.7 Å². The summed E-state index contributed by atoms with van der Waals surface area (Å²) in [6.45, 7) is 8.50. The molecule has 0 radical (unpaired) electrons. The van der Waals surface area contributed by atoms with E-state index in [-0.39, 0.29) is 11.9 Å². The van der Waals surface area contributed by atoms with Crippen molar-refractivity contribution in [2.75, 3.05) is 25.1 Å². The highest BCUT2D eigenvalue weighted by Gasteiger charge is 2.22. The number of amides is 1. The molecule has 1 amide bonds. The van der Waals surface area contributed by atoms with E-state index in [0.29, 0.717) is 17.9 Å². The van der Waals surface area contributed by atoms with E-state index in [1.165, 1.54) is 18.5 Å². The van der Waals surface area contributed by atoms with Gasteiger partial charge in [-0.05, 0) is 61.9 Å². The summed E-state index contributed by atoms with van der Waals surface area (Å²) in [5.41, 5.74) is 2.35. The summed E-state index contributed by atoms with van der Waals surface area (Å²) in [7, 11) is 1.60. The van der Waals surface area contributed by atoms with E-state index in [9.17, 15) is 4.79 Å². The predicted molar refractivity (Wildman–Crippen MR) is 121 cm³/mol. The van der Waals surface area contributed by atoms with Crippen molar-refractivity contribution in [1.82, 2.24) is 5.32 Å². The number of nitrogens with zero attached hydrogens (tertiary/aromatic N) is 1. The highest BCUT2D eigenvalue weighted by Crippen LogP contribution is 2.28. The number of ether oxygens (including phenoxy) is 2. The minimum Gasteiger partial charge on any atom is -0.493 e. The standard InChI is InChI=1S/C25H34N2O3/c1-5-22(30-24-11-7-6-10-23(24)29-4)25(28)26-19(3)20-12-14-21(15-13-20)27-16-8-9-18(2)17-27/h6-7,10-15,18-19,22H,5,8-9,16-17H2,1-4H3,(H,26,28)/t18-,19+,22-/m1/s1. The lowest BCUT2D eigenvalue weighted by Gasteiger charge is -2.33. The normalized spacial score (nSPS) is 18.4. The highest BCUT2D eigenvalue weighted by atomic mass is 16.5. The molecule has 3 rings (SSSR count). The second-order valence-corrected chi connectivity index (χ2v) is 8.18. The molecular formula is C25H34N2O3. The maximum absolute atomic E-state index is 12.8. The van der Waals surface area contributed by atoms with Crippen molar-refractivity contribution < 1.29 is 14.3 Å². The van der Waals surface area contributed by atoms with Crippen molar-refractivity contribution in [3.8, 4) is 11.5 Å². The first-order chi connectivity index (χ1) is 14.5. The van der Waals surface area contributed by atoms with Crippen LogP contribution in [0, 0.1) is 5.92 Å². The average Bonchev–Trinajstić information content (AvgIpc) is 2.77. The molecule has 1 fully saturated rings. The molecule has 0 aromatic heterocycles. The van der Waals surface area contributed by atoms with Crippen molar-refractivity contribution in [2.45, 2.75) is 52.2 Å². The number of methoxy groups -OCH3 is 1. The number of benzene rings is 2. The maximum atomic E-state index is 12.8. The van der Waals surface area contributed by atoms with Gasteiger partial charge in [0.2, 0.25) is 0 Å². The Bertz CT molecular complexity index is 821. The maximum Gasteiger partial charge on any atom is 0.261 e. The topological polar surface area (TPSA) is 50.8 Å². The summed E-state index contributed by atoms with van der Waals surface area (Å²) in [6, 6.07) is 15.9. The molecule has 3 atom stereocenters. The van der Waals surface area contributed by atoms with Crippen molar-refractivity contribution in [3.05, 3.63) is 54.1 Å². The van der Waals surface area contributed by atoms with Gasteiger partial charge in [0.05, 0.1) is 13.2 Å². The lowest BCUT2D eigenvalue weighted by Crippen LogP contribution is -2.39. The molecule has 2 aromatic rings. The number of carbonyl (C=O) groups excluding carboxylic acids is 1. The van der Waals surface area contributed by atoms with Gasteiger partial charge in [0.15, 0.2) is 17.6 Å². The summed E-state index contributed by atoms with van der Waals surface area (Å²) >= 11 is 0. The fourth-order valence-electron chi connectivity index (χ4n) is 3.98. The SMILES string of the molecule is CC[C@@H](Oc1ccccc1OC)C(=O)N[C@@H](C)c1ccc(N2CCC[C@@H](C)C2)cc1. The zero-order valence-electron chi connectivity index (χ0n) is 18.6. The van der Waals surface area contributed by atoms with Crippen LogP contribution < -0.4 is 19.7 Å². The van der Waals surface area contributed by atoms with E-state index >= 15 is 0 Å².